The van der Waals surface area contributed by atoms with E-state index >= 15 is 0 Å². The number of benzene rings is 1. The fourth-order valence-electron chi connectivity index (χ4n) is 2.83. The number of hydrogen-bond donors (Lipinski definition) is 1. The highest BCUT2D eigenvalue weighted by atomic mass is 16.1. The van der Waals surface area contributed by atoms with E-state index in [1.807, 2.05) is 38.4 Å². The molecule has 0 radical (unpaired) electrons. The molecule has 4 nitrogen and oxygen atoms in total. The summed E-state index contributed by atoms with van der Waals surface area (Å²) in [5.41, 5.74) is 4.01. The first kappa shape index (κ1) is 13.9. The molecule has 0 unspecified atom stereocenters. The number of rotatable bonds is 2. The van der Waals surface area contributed by atoms with Crippen molar-refractivity contribution in [3.05, 3.63) is 45.9 Å². The summed E-state index contributed by atoms with van der Waals surface area (Å²) in [6, 6.07) is 8.11. The molecule has 3 rings (SSSR count). The van der Waals surface area contributed by atoms with Crippen molar-refractivity contribution in [2.75, 3.05) is 19.0 Å². The first-order valence-corrected chi connectivity index (χ1v) is 7.55. The minimum absolute atomic E-state index is 0.0357. The number of fused-ring (bicyclic) bond motifs is 1. The van der Waals surface area contributed by atoms with Crippen LogP contribution in [0.5, 0.6) is 0 Å². The first-order valence-electron chi connectivity index (χ1n) is 7.55. The number of hydrogen-bond acceptors (Lipinski definition) is 3. The average Bonchev–Trinajstić information content (AvgIpc) is 2.73. The van der Waals surface area contributed by atoms with Crippen molar-refractivity contribution in [2.45, 2.75) is 32.1 Å². The molecule has 0 fully saturated rings. The molecule has 21 heavy (non-hydrogen) atoms. The van der Waals surface area contributed by atoms with Gasteiger partial charge in [0.1, 0.15) is 5.82 Å². The zero-order chi connectivity index (χ0) is 14.8. The molecule has 0 atom stereocenters. The Morgan fingerprint density at radius 1 is 1.05 bits per heavy atom. The number of aromatic amines is 1. The number of anilines is 1. The lowest BCUT2D eigenvalue weighted by Crippen LogP contribution is -2.18. The predicted octanol–water partition coefficient (Wildman–Crippen LogP) is 2.77. The summed E-state index contributed by atoms with van der Waals surface area (Å²) in [5.74, 6) is 0.686. The standard InChI is InChI=1S/C17H21N3O/c1-20(2)13-10-8-12(9-11-13)16-18-15-7-5-3-4-6-14(15)17(21)19-16/h8-11H,3-7H2,1-2H3,(H,18,19,21). The quantitative estimate of drug-likeness (QED) is 0.862. The van der Waals surface area contributed by atoms with Crippen LogP contribution < -0.4 is 10.5 Å². The van der Waals surface area contributed by atoms with E-state index in [2.05, 4.69) is 9.88 Å². The van der Waals surface area contributed by atoms with E-state index in [9.17, 15) is 4.79 Å². The van der Waals surface area contributed by atoms with E-state index in [1.165, 1.54) is 6.42 Å². The largest absolute Gasteiger partial charge is 0.378 e. The maximum Gasteiger partial charge on any atom is 0.254 e. The first-order chi connectivity index (χ1) is 10.1. The maximum absolute atomic E-state index is 12.3. The molecule has 0 spiro atoms. The second-order valence-electron chi connectivity index (χ2n) is 5.84. The zero-order valence-electron chi connectivity index (χ0n) is 12.6. The van der Waals surface area contributed by atoms with Gasteiger partial charge in [0.2, 0.25) is 0 Å². The third-order valence-electron chi connectivity index (χ3n) is 4.10. The highest BCUT2D eigenvalue weighted by Gasteiger charge is 2.15. The van der Waals surface area contributed by atoms with Crippen LogP contribution >= 0.6 is 0 Å². The Kier molecular flexibility index (Phi) is 3.78. The third-order valence-corrected chi connectivity index (χ3v) is 4.10. The lowest BCUT2D eigenvalue weighted by atomic mass is 10.1. The molecule has 0 saturated carbocycles. The van der Waals surface area contributed by atoms with Crippen LogP contribution in [0.1, 0.15) is 30.5 Å². The normalized spacial score (nSPS) is 14.4. The number of aromatic nitrogens is 2. The van der Waals surface area contributed by atoms with Gasteiger partial charge in [-0.05, 0) is 49.9 Å². The van der Waals surface area contributed by atoms with Crippen molar-refractivity contribution in [1.29, 1.82) is 0 Å². The van der Waals surface area contributed by atoms with Crippen LogP contribution in [0.4, 0.5) is 5.69 Å². The second kappa shape index (κ2) is 5.72. The van der Waals surface area contributed by atoms with Gasteiger partial charge in [0.05, 0.1) is 5.69 Å². The molecule has 0 amide bonds. The molecule has 2 aromatic rings. The van der Waals surface area contributed by atoms with Crippen molar-refractivity contribution >= 4 is 5.69 Å². The van der Waals surface area contributed by atoms with Gasteiger partial charge in [-0.2, -0.15) is 0 Å². The fraction of sp³-hybridized carbons (Fsp3) is 0.412. The number of aryl methyl sites for hydroxylation is 1. The predicted molar refractivity (Wildman–Crippen MR) is 85.9 cm³/mol. The van der Waals surface area contributed by atoms with Gasteiger partial charge < -0.3 is 9.88 Å². The van der Waals surface area contributed by atoms with Crippen LogP contribution in [0.2, 0.25) is 0 Å². The Labute approximate surface area is 124 Å². The molecule has 1 N–H and O–H groups in total. The third kappa shape index (κ3) is 2.84. The Morgan fingerprint density at radius 2 is 1.76 bits per heavy atom. The zero-order valence-corrected chi connectivity index (χ0v) is 12.6. The fourth-order valence-corrected chi connectivity index (χ4v) is 2.83. The summed E-state index contributed by atoms with van der Waals surface area (Å²) >= 11 is 0. The van der Waals surface area contributed by atoms with Gasteiger partial charge in [0, 0.05) is 30.9 Å². The maximum atomic E-state index is 12.3. The van der Waals surface area contributed by atoms with Crippen molar-refractivity contribution in [3.63, 3.8) is 0 Å². The molecule has 4 heteroatoms. The summed E-state index contributed by atoms with van der Waals surface area (Å²) in [4.78, 5) is 22.0. The van der Waals surface area contributed by atoms with Crippen molar-refractivity contribution < 1.29 is 0 Å². The second-order valence-corrected chi connectivity index (χ2v) is 5.84. The minimum Gasteiger partial charge on any atom is -0.378 e. The van der Waals surface area contributed by atoms with E-state index in [1.54, 1.807) is 0 Å². The van der Waals surface area contributed by atoms with Crippen molar-refractivity contribution in [1.82, 2.24) is 9.97 Å². The monoisotopic (exact) mass is 283 g/mol. The van der Waals surface area contributed by atoms with Crippen LogP contribution in [-0.4, -0.2) is 24.1 Å². The Bertz CT molecular complexity index is 686. The highest BCUT2D eigenvalue weighted by Crippen LogP contribution is 2.21. The van der Waals surface area contributed by atoms with Gasteiger partial charge in [-0.3, -0.25) is 4.79 Å². The van der Waals surface area contributed by atoms with Gasteiger partial charge in [-0.1, -0.05) is 6.42 Å². The Hall–Kier alpha value is -2.10. The topological polar surface area (TPSA) is 49.0 Å². The van der Waals surface area contributed by atoms with Gasteiger partial charge in [-0.25, -0.2) is 4.98 Å². The number of H-pyrrole nitrogens is 1. The summed E-state index contributed by atoms with van der Waals surface area (Å²) in [5, 5.41) is 0. The SMILES string of the molecule is CN(C)c1ccc(-c2nc3c(c(=O)[nH]2)CCCCC3)cc1. The van der Waals surface area contributed by atoms with Crippen molar-refractivity contribution in [3.8, 4) is 11.4 Å². The molecule has 0 aliphatic heterocycles. The molecule has 1 aromatic carbocycles. The van der Waals surface area contributed by atoms with E-state index in [-0.39, 0.29) is 5.56 Å². The molecule has 1 aliphatic rings. The number of nitrogens with zero attached hydrogens (tertiary/aromatic N) is 2. The summed E-state index contributed by atoms with van der Waals surface area (Å²) in [6.07, 6.45) is 5.18. The molecular weight excluding hydrogens is 262 g/mol. The van der Waals surface area contributed by atoms with E-state index in [0.717, 1.165) is 48.2 Å². The van der Waals surface area contributed by atoms with Crippen LogP contribution in [0, 0.1) is 0 Å². The average molecular weight is 283 g/mol. The summed E-state index contributed by atoms with van der Waals surface area (Å²) in [6.45, 7) is 0. The molecule has 1 heterocycles. The van der Waals surface area contributed by atoms with E-state index < -0.39 is 0 Å². The van der Waals surface area contributed by atoms with Crippen molar-refractivity contribution in [2.24, 2.45) is 0 Å². The molecule has 0 saturated heterocycles. The molecule has 1 aliphatic carbocycles. The lowest BCUT2D eigenvalue weighted by Gasteiger charge is -2.13. The molecule has 0 bridgehead atoms. The Morgan fingerprint density at radius 3 is 2.48 bits per heavy atom. The summed E-state index contributed by atoms with van der Waals surface area (Å²) < 4.78 is 0. The number of nitrogens with one attached hydrogen (secondary N) is 1. The highest BCUT2D eigenvalue weighted by molar-refractivity contribution is 5.60. The van der Waals surface area contributed by atoms with Crippen LogP contribution in [-0.2, 0) is 12.8 Å². The molecule has 1 aromatic heterocycles. The van der Waals surface area contributed by atoms with Crippen LogP contribution in [0.3, 0.4) is 0 Å². The smallest absolute Gasteiger partial charge is 0.254 e. The van der Waals surface area contributed by atoms with Gasteiger partial charge in [0.25, 0.3) is 5.56 Å². The van der Waals surface area contributed by atoms with E-state index in [0.29, 0.717) is 5.82 Å². The van der Waals surface area contributed by atoms with Gasteiger partial charge in [-0.15, -0.1) is 0 Å². The van der Waals surface area contributed by atoms with E-state index in [4.69, 9.17) is 4.98 Å². The van der Waals surface area contributed by atoms with Gasteiger partial charge in [0.15, 0.2) is 0 Å². The van der Waals surface area contributed by atoms with Crippen LogP contribution in [0.25, 0.3) is 11.4 Å². The Balaban J connectivity index is 2.01. The lowest BCUT2D eigenvalue weighted by molar-refractivity contribution is 0.708. The molecule has 110 valence electrons. The molecular formula is C17H21N3O. The summed E-state index contributed by atoms with van der Waals surface area (Å²) in [7, 11) is 4.02. The van der Waals surface area contributed by atoms with Gasteiger partial charge >= 0.3 is 0 Å². The minimum atomic E-state index is 0.0357. The van der Waals surface area contributed by atoms with Crippen LogP contribution in [0.15, 0.2) is 29.1 Å².